The van der Waals surface area contributed by atoms with Crippen LogP contribution in [0.4, 0.5) is 4.39 Å². The average molecular weight is 327 g/mol. The van der Waals surface area contributed by atoms with Crippen molar-refractivity contribution in [2.24, 2.45) is 0 Å². The van der Waals surface area contributed by atoms with Gasteiger partial charge in [-0.3, -0.25) is 4.79 Å². The summed E-state index contributed by atoms with van der Waals surface area (Å²) in [6.45, 7) is 0.0827. The highest BCUT2D eigenvalue weighted by molar-refractivity contribution is 5.94. The molecule has 0 aliphatic carbocycles. The number of hydrogen-bond acceptors (Lipinski definition) is 5. The number of carbonyl (C=O) groups is 1. The molecule has 0 atom stereocenters. The zero-order valence-electron chi connectivity index (χ0n) is 12.8. The molecule has 0 bridgehead atoms. The summed E-state index contributed by atoms with van der Waals surface area (Å²) in [6.07, 6.45) is 0. The number of methoxy groups -OCH3 is 1. The highest BCUT2D eigenvalue weighted by Crippen LogP contribution is 2.19. The normalized spacial score (nSPS) is 10.4. The van der Waals surface area contributed by atoms with Crippen molar-refractivity contribution in [3.63, 3.8) is 0 Å². The van der Waals surface area contributed by atoms with E-state index in [0.29, 0.717) is 11.4 Å². The van der Waals surface area contributed by atoms with E-state index in [1.54, 1.807) is 19.2 Å². The lowest BCUT2D eigenvalue weighted by Crippen LogP contribution is -2.22. The number of amides is 1. The Morgan fingerprint density at radius 1 is 1.17 bits per heavy atom. The van der Waals surface area contributed by atoms with Crippen LogP contribution >= 0.6 is 0 Å². The summed E-state index contributed by atoms with van der Waals surface area (Å²) >= 11 is 0. The zero-order valence-corrected chi connectivity index (χ0v) is 12.8. The van der Waals surface area contributed by atoms with Crippen LogP contribution in [0.15, 0.2) is 53.1 Å². The van der Waals surface area contributed by atoms with Crippen LogP contribution in [0.1, 0.15) is 16.2 Å². The Morgan fingerprint density at radius 3 is 2.54 bits per heavy atom. The van der Waals surface area contributed by atoms with E-state index in [1.807, 2.05) is 12.1 Å². The van der Waals surface area contributed by atoms with Crippen molar-refractivity contribution in [3.8, 4) is 17.1 Å². The summed E-state index contributed by atoms with van der Waals surface area (Å²) in [5.74, 6) is 0.681. The third-order valence-electron chi connectivity index (χ3n) is 3.32. The van der Waals surface area contributed by atoms with Crippen molar-refractivity contribution in [2.75, 3.05) is 7.11 Å². The molecule has 0 saturated carbocycles. The second kappa shape index (κ2) is 6.91. The SMILES string of the molecule is COc1ccc(-c2noc(CNC(=O)c3ccc(F)cc3)n2)cc1. The van der Waals surface area contributed by atoms with Crippen molar-refractivity contribution in [2.45, 2.75) is 6.54 Å². The number of nitrogens with zero attached hydrogens (tertiary/aromatic N) is 2. The Bertz CT molecular complexity index is 829. The molecule has 1 N–H and O–H groups in total. The number of aromatic nitrogens is 2. The third-order valence-corrected chi connectivity index (χ3v) is 3.32. The first kappa shape index (κ1) is 15.7. The van der Waals surface area contributed by atoms with Crippen molar-refractivity contribution < 1.29 is 18.4 Å². The lowest BCUT2D eigenvalue weighted by Gasteiger charge is -2.01. The standard InChI is InChI=1S/C17H14FN3O3/c1-23-14-8-4-11(5-9-14)16-20-15(24-21-16)10-19-17(22)12-2-6-13(18)7-3-12/h2-9H,10H2,1H3,(H,19,22). The Hall–Kier alpha value is -3.22. The number of benzene rings is 2. The molecular formula is C17H14FN3O3. The predicted octanol–water partition coefficient (Wildman–Crippen LogP) is 2.81. The maximum absolute atomic E-state index is 12.8. The second-order valence-electron chi connectivity index (χ2n) is 4.93. The lowest BCUT2D eigenvalue weighted by molar-refractivity contribution is 0.0946. The molecule has 1 aromatic heterocycles. The molecule has 0 fully saturated rings. The number of nitrogens with one attached hydrogen (secondary N) is 1. The van der Waals surface area contributed by atoms with Crippen LogP contribution in [0.5, 0.6) is 5.75 Å². The van der Waals surface area contributed by atoms with Gasteiger partial charge in [0.25, 0.3) is 5.91 Å². The van der Waals surface area contributed by atoms with Crippen molar-refractivity contribution >= 4 is 5.91 Å². The van der Waals surface area contributed by atoms with E-state index >= 15 is 0 Å². The van der Waals surface area contributed by atoms with Gasteiger partial charge in [0.05, 0.1) is 13.7 Å². The molecule has 1 amide bonds. The highest BCUT2D eigenvalue weighted by Gasteiger charge is 2.11. The number of ether oxygens (including phenoxy) is 1. The summed E-state index contributed by atoms with van der Waals surface area (Å²) in [4.78, 5) is 16.2. The van der Waals surface area contributed by atoms with Crippen LogP contribution in [-0.2, 0) is 6.54 Å². The van der Waals surface area contributed by atoms with E-state index in [2.05, 4.69) is 15.5 Å². The maximum atomic E-state index is 12.8. The first-order valence-electron chi connectivity index (χ1n) is 7.16. The lowest BCUT2D eigenvalue weighted by atomic mass is 10.2. The fourth-order valence-corrected chi connectivity index (χ4v) is 2.04. The van der Waals surface area contributed by atoms with Gasteiger partial charge in [0.1, 0.15) is 11.6 Å². The molecule has 2 aromatic carbocycles. The molecule has 0 saturated heterocycles. The molecule has 0 aliphatic heterocycles. The van der Waals surface area contributed by atoms with E-state index in [1.165, 1.54) is 24.3 Å². The van der Waals surface area contributed by atoms with E-state index in [0.717, 1.165) is 11.3 Å². The molecule has 1 heterocycles. The monoisotopic (exact) mass is 327 g/mol. The minimum atomic E-state index is -0.396. The van der Waals surface area contributed by atoms with E-state index in [4.69, 9.17) is 9.26 Å². The third kappa shape index (κ3) is 3.57. The van der Waals surface area contributed by atoms with Gasteiger partial charge in [-0.2, -0.15) is 4.98 Å². The van der Waals surface area contributed by atoms with Gasteiger partial charge in [-0.05, 0) is 48.5 Å². The van der Waals surface area contributed by atoms with Gasteiger partial charge in [-0.25, -0.2) is 4.39 Å². The first-order valence-corrected chi connectivity index (χ1v) is 7.16. The Balaban J connectivity index is 1.63. The smallest absolute Gasteiger partial charge is 0.251 e. The van der Waals surface area contributed by atoms with Crippen molar-refractivity contribution in [3.05, 3.63) is 65.8 Å². The fourth-order valence-electron chi connectivity index (χ4n) is 2.04. The predicted molar refractivity (Wildman–Crippen MR) is 83.9 cm³/mol. The van der Waals surface area contributed by atoms with Crippen molar-refractivity contribution in [1.29, 1.82) is 0 Å². The summed E-state index contributed by atoms with van der Waals surface area (Å²) in [7, 11) is 1.59. The molecule has 7 heteroatoms. The van der Waals surface area contributed by atoms with Gasteiger partial charge in [0, 0.05) is 11.1 Å². The summed E-state index contributed by atoms with van der Waals surface area (Å²) in [6, 6.07) is 12.5. The quantitative estimate of drug-likeness (QED) is 0.780. The number of carbonyl (C=O) groups excluding carboxylic acids is 1. The van der Waals surface area contributed by atoms with E-state index in [-0.39, 0.29) is 18.3 Å². The second-order valence-corrected chi connectivity index (χ2v) is 4.93. The number of rotatable bonds is 5. The maximum Gasteiger partial charge on any atom is 0.251 e. The average Bonchev–Trinajstić information content (AvgIpc) is 3.09. The minimum Gasteiger partial charge on any atom is -0.497 e. The molecule has 0 aliphatic rings. The van der Waals surface area contributed by atoms with Gasteiger partial charge in [-0.15, -0.1) is 0 Å². The first-order chi connectivity index (χ1) is 11.7. The van der Waals surface area contributed by atoms with Crippen LogP contribution in [0.2, 0.25) is 0 Å². The van der Waals surface area contributed by atoms with Gasteiger partial charge in [-0.1, -0.05) is 5.16 Å². The molecule has 6 nitrogen and oxygen atoms in total. The van der Waals surface area contributed by atoms with Gasteiger partial charge in [0.2, 0.25) is 11.7 Å². The van der Waals surface area contributed by atoms with E-state index < -0.39 is 5.82 Å². The van der Waals surface area contributed by atoms with Gasteiger partial charge < -0.3 is 14.6 Å². The topological polar surface area (TPSA) is 77.3 Å². The van der Waals surface area contributed by atoms with Gasteiger partial charge in [0.15, 0.2) is 0 Å². The number of hydrogen-bond donors (Lipinski definition) is 1. The molecule has 0 spiro atoms. The summed E-state index contributed by atoms with van der Waals surface area (Å²) in [5, 5.41) is 6.52. The Morgan fingerprint density at radius 2 is 1.88 bits per heavy atom. The molecule has 24 heavy (non-hydrogen) atoms. The van der Waals surface area contributed by atoms with E-state index in [9.17, 15) is 9.18 Å². The molecule has 3 rings (SSSR count). The zero-order chi connectivity index (χ0) is 16.9. The van der Waals surface area contributed by atoms with Crippen LogP contribution in [-0.4, -0.2) is 23.2 Å². The summed E-state index contributed by atoms with van der Waals surface area (Å²) < 4.78 is 23.0. The van der Waals surface area contributed by atoms with Crippen molar-refractivity contribution in [1.82, 2.24) is 15.5 Å². The molecular weight excluding hydrogens is 313 g/mol. The Kier molecular flexibility index (Phi) is 4.51. The fraction of sp³-hybridized carbons (Fsp3) is 0.118. The molecule has 122 valence electrons. The Labute approximate surface area is 137 Å². The van der Waals surface area contributed by atoms with Crippen LogP contribution < -0.4 is 10.1 Å². The summed E-state index contributed by atoms with van der Waals surface area (Å²) in [5.41, 5.74) is 1.13. The van der Waals surface area contributed by atoms with Crippen LogP contribution in [0.3, 0.4) is 0 Å². The van der Waals surface area contributed by atoms with Crippen LogP contribution in [0, 0.1) is 5.82 Å². The van der Waals surface area contributed by atoms with Gasteiger partial charge >= 0.3 is 0 Å². The highest BCUT2D eigenvalue weighted by atomic mass is 19.1. The minimum absolute atomic E-state index is 0.0827. The molecule has 3 aromatic rings. The molecule has 0 radical (unpaired) electrons. The largest absolute Gasteiger partial charge is 0.497 e. The number of halogens is 1. The molecule has 0 unspecified atom stereocenters. The van der Waals surface area contributed by atoms with Crippen LogP contribution in [0.25, 0.3) is 11.4 Å².